The molecule has 0 radical (unpaired) electrons. The van der Waals surface area contributed by atoms with Crippen LogP contribution in [-0.2, 0) is 16.1 Å². The molecule has 0 aliphatic carbocycles. The molecular weight excluding hydrogens is 364 g/mol. The first kappa shape index (κ1) is 21.1. The highest BCUT2D eigenvalue weighted by Crippen LogP contribution is 2.25. The van der Waals surface area contributed by atoms with Crippen LogP contribution in [0.3, 0.4) is 0 Å². The van der Waals surface area contributed by atoms with Crippen molar-refractivity contribution < 1.29 is 18.3 Å². The SMILES string of the molecule is COCCNC(=O)[C@@H]1CCCN(C2CCN(Cc3ccc(F)c(F)c3)CC2)C1. The molecular formula is C21H31F2N3O2. The number of rotatable bonds is 7. The van der Waals surface area contributed by atoms with E-state index in [1.807, 2.05) is 0 Å². The van der Waals surface area contributed by atoms with Crippen molar-refractivity contribution in [3.8, 4) is 0 Å². The van der Waals surface area contributed by atoms with Gasteiger partial charge in [0, 0.05) is 32.8 Å². The molecule has 1 aromatic carbocycles. The number of nitrogens with one attached hydrogen (secondary N) is 1. The molecule has 5 nitrogen and oxygen atoms in total. The van der Waals surface area contributed by atoms with E-state index in [9.17, 15) is 13.6 Å². The number of likely N-dealkylation sites (tertiary alicyclic amines) is 2. The average Bonchev–Trinajstić information content (AvgIpc) is 2.71. The first-order valence-corrected chi connectivity index (χ1v) is 10.2. The van der Waals surface area contributed by atoms with Crippen LogP contribution in [0, 0.1) is 17.6 Å². The van der Waals surface area contributed by atoms with Crippen LogP contribution >= 0.6 is 0 Å². The summed E-state index contributed by atoms with van der Waals surface area (Å²) in [5.74, 6) is -1.38. The third kappa shape index (κ3) is 5.72. The van der Waals surface area contributed by atoms with Crippen molar-refractivity contribution in [1.82, 2.24) is 15.1 Å². The third-order valence-electron chi connectivity index (χ3n) is 5.89. The fraction of sp³-hybridized carbons (Fsp3) is 0.667. The molecule has 0 bridgehead atoms. The number of amides is 1. The molecule has 1 amide bonds. The summed E-state index contributed by atoms with van der Waals surface area (Å²) in [4.78, 5) is 17.1. The van der Waals surface area contributed by atoms with E-state index >= 15 is 0 Å². The molecule has 7 heteroatoms. The summed E-state index contributed by atoms with van der Waals surface area (Å²) in [5.41, 5.74) is 0.808. The summed E-state index contributed by atoms with van der Waals surface area (Å²) in [6.07, 6.45) is 4.09. The van der Waals surface area contributed by atoms with Crippen LogP contribution in [0.1, 0.15) is 31.2 Å². The monoisotopic (exact) mass is 395 g/mol. The summed E-state index contributed by atoms with van der Waals surface area (Å²) >= 11 is 0. The van der Waals surface area contributed by atoms with Gasteiger partial charge in [-0.3, -0.25) is 14.6 Å². The number of benzene rings is 1. The summed E-state index contributed by atoms with van der Waals surface area (Å²) in [7, 11) is 1.63. The lowest BCUT2D eigenvalue weighted by atomic mass is 9.93. The highest BCUT2D eigenvalue weighted by Gasteiger charge is 2.31. The van der Waals surface area contributed by atoms with Crippen molar-refractivity contribution in [1.29, 1.82) is 0 Å². The molecule has 1 atom stereocenters. The summed E-state index contributed by atoms with van der Waals surface area (Å²) in [6, 6.07) is 4.64. The molecule has 0 spiro atoms. The van der Waals surface area contributed by atoms with Crippen LogP contribution in [0.2, 0.25) is 0 Å². The number of carbonyl (C=O) groups is 1. The smallest absolute Gasteiger partial charge is 0.224 e. The van der Waals surface area contributed by atoms with Crippen molar-refractivity contribution in [2.24, 2.45) is 5.92 Å². The Balaban J connectivity index is 1.45. The number of hydrogen-bond acceptors (Lipinski definition) is 4. The Hall–Kier alpha value is -1.57. The zero-order valence-electron chi connectivity index (χ0n) is 16.6. The molecule has 2 fully saturated rings. The van der Waals surface area contributed by atoms with Gasteiger partial charge in [0.05, 0.1) is 12.5 Å². The summed E-state index contributed by atoms with van der Waals surface area (Å²) < 4.78 is 31.5. The molecule has 156 valence electrons. The van der Waals surface area contributed by atoms with Gasteiger partial charge in [0.2, 0.25) is 5.91 Å². The number of methoxy groups -OCH3 is 1. The highest BCUT2D eigenvalue weighted by molar-refractivity contribution is 5.78. The second kappa shape index (κ2) is 10.3. The standard InChI is InChI=1S/C21H31F2N3O2/c1-28-12-8-24-21(27)17-3-2-9-26(15-17)18-6-10-25(11-7-18)14-16-4-5-19(22)20(23)13-16/h4-5,13,17-18H,2-3,6-12,14-15H2,1H3,(H,24,27)/t17-/m1/s1. The Kier molecular flexibility index (Phi) is 7.76. The van der Waals surface area contributed by atoms with Crippen LogP contribution < -0.4 is 5.32 Å². The van der Waals surface area contributed by atoms with Crippen molar-refractivity contribution in [3.05, 3.63) is 35.4 Å². The molecule has 3 rings (SSSR count). The Morgan fingerprint density at radius 2 is 1.96 bits per heavy atom. The normalized spacial score (nSPS) is 22.3. The molecule has 2 aliphatic heterocycles. The van der Waals surface area contributed by atoms with E-state index in [4.69, 9.17) is 4.74 Å². The number of ether oxygens (including phenoxy) is 1. The van der Waals surface area contributed by atoms with Crippen LogP contribution in [0.25, 0.3) is 0 Å². The van der Waals surface area contributed by atoms with Gasteiger partial charge in [0.1, 0.15) is 0 Å². The van der Waals surface area contributed by atoms with Crippen LogP contribution in [0.5, 0.6) is 0 Å². The number of nitrogens with zero attached hydrogens (tertiary/aromatic N) is 2. The fourth-order valence-corrected chi connectivity index (χ4v) is 4.31. The second-order valence-corrected chi connectivity index (χ2v) is 7.87. The fourth-order valence-electron chi connectivity index (χ4n) is 4.31. The second-order valence-electron chi connectivity index (χ2n) is 7.87. The highest BCUT2D eigenvalue weighted by atomic mass is 19.2. The molecule has 0 unspecified atom stereocenters. The van der Waals surface area contributed by atoms with Gasteiger partial charge in [-0.25, -0.2) is 8.78 Å². The Morgan fingerprint density at radius 1 is 1.18 bits per heavy atom. The van der Waals surface area contributed by atoms with Gasteiger partial charge < -0.3 is 10.1 Å². The zero-order chi connectivity index (χ0) is 19.9. The van der Waals surface area contributed by atoms with Crippen molar-refractivity contribution >= 4 is 5.91 Å². The Morgan fingerprint density at radius 3 is 2.68 bits per heavy atom. The lowest BCUT2D eigenvalue weighted by molar-refractivity contribution is -0.127. The van der Waals surface area contributed by atoms with Crippen LogP contribution in [0.15, 0.2) is 18.2 Å². The summed E-state index contributed by atoms with van der Waals surface area (Å²) in [6.45, 7) is 5.50. The Bertz CT molecular complexity index is 651. The predicted molar refractivity (Wildman–Crippen MR) is 104 cm³/mol. The lowest BCUT2D eigenvalue weighted by Crippen LogP contribution is -2.50. The largest absolute Gasteiger partial charge is 0.383 e. The van der Waals surface area contributed by atoms with E-state index < -0.39 is 11.6 Å². The van der Waals surface area contributed by atoms with Gasteiger partial charge in [-0.05, 0) is 63.0 Å². The molecule has 0 saturated carbocycles. The molecule has 0 aromatic heterocycles. The number of hydrogen-bond donors (Lipinski definition) is 1. The zero-order valence-corrected chi connectivity index (χ0v) is 16.6. The number of piperidine rings is 2. The minimum absolute atomic E-state index is 0.0610. The van der Waals surface area contributed by atoms with E-state index in [1.54, 1.807) is 13.2 Å². The van der Waals surface area contributed by atoms with E-state index in [1.165, 1.54) is 12.1 Å². The average molecular weight is 395 g/mol. The van der Waals surface area contributed by atoms with Crippen molar-refractivity contribution in [2.45, 2.75) is 38.3 Å². The van der Waals surface area contributed by atoms with E-state index in [-0.39, 0.29) is 11.8 Å². The van der Waals surface area contributed by atoms with Crippen molar-refractivity contribution in [3.63, 3.8) is 0 Å². The first-order valence-electron chi connectivity index (χ1n) is 10.2. The molecule has 1 N–H and O–H groups in total. The first-order chi connectivity index (χ1) is 13.6. The lowest BCUT2D eigenvalue weighted by Gasteiger charge is -2.42. The number of halogens is 2. The topological polar surface area (TPSA) is 44.8 Å². The van der Waals surface area contributed by atoms with Gasteiger partial charge >= 0.3 is 0 Å². The van der Waals surface area contributed by atoms with E-state index in [2.05, 4.69) is 15.1 Å². The third-order valence-corrected chi connectivity index (χ3v) is 5.89. The van der Waals surface area contributed by atoms with Crippen molar-refractivity contribution in [2.75, 3.05) is 46.4 Å². The summed E-state index contributed by atoms with van der Waals surface area (Å²) in [5, 5.41) is 2.96. The predicted octanol–water partition coefficient (Wildman–Crippen LogP) is 2.40. The minimum atomic E-state index is -0.798. The maximum absolute atomic E-state index is 13.4. The Labute approximate surface area is 166 Å². The van der Waals surface area contributed by atoms with Gasteiger partial charge in [0.25, 0.3) is 0 Å². The van der Waals surface area contributed by atoms with Crippen LogP contribution in [-0.4, -0.2) is 68.2 Å². The minimum Gasteiger partial charge on any atom is -0.383 e. The van der Waals surface area contributed by atoms with E-state index in [0.29, 0.717) is 25.7 Å². The molecule has 1 aromatic rings. The van der Waals surface area contributed by atoms with Gasteiger partial charge in [-0.1, -0.05) is 6.07 Å². The quantitative estimate of drug-likeness (QED) is 0.720. The molecule has 2 heterocycles. The number of carbonyl (C=O) groups excluding carboxylic acids is 1. The van der Waals surface area contributed by atoms with Crippen LogP contribution in [0.4, 0.5) is 8.78 Å². The maximum Gasteiger partial charge on any atom is 0.224 e. The van der Waals surface area contributed by atoms with Gasteiger partial charge in [0.15, 0.2) is 11.6 Å². The molecule has 2 aliphatic rings. The molecule has 28 heavy (non-hydrogen) atoms. The molecule has 2 saturated heterocycles. The van der Waals surface area contributed by atoms with Gasteiger partial charge in [-0.2, -0.15) is 0 Å². The van der Waals surface area contributed by atoms with Gasteiger partial charge in [-0.15, -0.1) is 0 Å². The maximum atomic E-state index is 13.4. The van der Waals surface area contributed by atoms with E-state index in [0.717, 1.165) is 57.4 Å².